The number of ether oxygens (including phenoxy) is 2. The van der Waals surface area contributed by atoms with E-state index in [4.69, 9.17) is 9.47 Å². The van der Waals surface area contributed by atoms with Crippen molar-refractivity contribution < 1.29 is 19.1 Å². The number of benzene rings is 2. The zero-order valence-electron chi connectivity index (χ0n) is 16.8. The summed E-state index contributed by atoms with van der Waals surface area (Å²) in [4.78, 5) is 24.3. The molecule has 0 bridgehead atoms. The van der Waals surface area contributed by atoms with E-state index in [1.54, 1.807) is 31.2 Å². The lowest BCUT2D eigenvalue weighted by Crippen LogP contribution is -2.21. The fourth-order valence-electron chi connectivity index (χ4n) is 3.08. The first kappa shape index (κ1) is 20.3. The van der Waals surface area contributed by atoms with Crippen molar-refractivity contribution in [3.63, 3.8) is 0 Å². The summed E-state index contributed by atoms with van der Waals surface area (Å²) < 4.78 is 11.9. The van der Waals surface area contributed by atoms with Gasteiger partial charge in [-0.2, -0.15) is 5.10 Å². The number of esters is 1. The van der Waals surface area contributed by atoms with Crippen molar-refractivity contribution in [1.82, 2.24) is 9.78 Å². The van der Waals surface area contributed by atoms with Crippen LogP contribution in [0, 0.1) is 13.8 Å². The molecule has 29 heavy (non-hydrogen) atoms. The average molecular weight is 392 g/mol. The summed E-state index contributed by atoms with van der Waals surface area (Å²) >= 11 is 0. The number of hydrogen-bond donors (Lipinski definition) is 0. The second kappa shape index (κ2) is 9.19. The van der Waals surface area contributed by atoms with Crippen LogP contribution in [0.15, 0.2) is 54.6 Å². The van der Waals surface area contributed by atoms with Crippen molar-refractivity contribution in [2.75, 3.05) is 13.2 Å². The van der Waals surface area contributed by atoms with Crippen LogP contribution in [0.2, 0.25) is 0 Å². The number of rotatable bonds is 7. The molecule has 0 aliphatic heterocycles. The van der Waals surface area contributed by atoms with Crippen LogP contribution in [-0.2, 0) is 11.2 Å². The fraction of sp³-hybridized carbons (Fsp3) is 0.261. The molecule has 6 heteroatoms. The zero-order chi connectivity index (χ0) is 20.8. The van der Waals surface area contributed by atoms with Crippen LogP contribution in [0.25, 0.3) is 0 Å². The molecule has 0 aliphatic rings. The Balaban J connectivity index is 1.65. The van der Waals surface area contributed by atoms with Crippen LogP contribution in [0.4, 0.5) is 0 Å². The van der Waals surface area contributed by atoms with Crippen molar-refractivity contribution in [3.05, 3.63) is 82.7 Å². The highest BCUT2D eigenvalue weighted by Crippen LogP contribution is 2.18. The van der Waals surface area contributed by atoms with E-state index in [-0.39, 0.29) is 18.5 Å². The van der Waals surface area contributed by atoms with Crippen LogP contribution in [0.3, 0.4) is 0 Å². The van der Waals surface area contributed by atoms with Crippen molar-refractivity contribution >= 4 is 11.9 Å². The third-order valence-electron chi connectivity index (χ3n) is 4.63. The molecule has 3 rings (SSSR count). The first-order valence-electron chi connectivity index (χ1n) is 9.51. The Morgan fingerprint density at radius 3 is 2.34 bits per heavy atom. The van der Waals surface area contributed by atoms with Gasteiger partial charge in [0.05, 0.1) is 17.9 Å². The molecule has 0 amide bonds. The molecule has 0 saturated carbocycles. The van der Waals surface area contributed by atoms with Gasteiger partial charge in [0.1, 0.15) is 5.75 Å². The molecular weight excluding hydrogens is 368 g/mol. The largest absolute Gasteiger partial charge is 0.484 e. The number of carbonyl (C=O) groups is 2. The number of aromatic nitrogens is 2. The van der Waals surface area contributed by atoms with Crippen LogP contribution in [0.1, 0.15) is 44.6 Å². The van der Waals surface area contributed by atoms with Crippen molar-refractivity contribution in [1.29, 1.82) is 0 Å². The van der Waals surface area contributed by atoms with Crippen molar-refractivity contribution in [2.24, 2.45) is 0 Å². The lowest BCUT2D eigenvalue weighted by atomic mass is 10.0. The van der Waals surface area contributed by atoms with E-state index in [0.29, 0.717) is 17.9 Å². The van der Waals surface area contributed by atoms with Gasteiger partial charge >= 0.3 is 5.97 Å². The van der Waals surface area contributed by atoms with Crippen molar-refractivity contribution in [3.8, 4) is 5.75 Å². The van der Waals surface area contributed by atoms with Gasteiger partial charge in [0.25, 0.3) is 5.91 Å². The van der Waals surface area contributed by atoms with Crippen LogP contribution in [-0.4, -0.2) is 34.9 Å². The number of carbonyl (C=O) groups excluding carboxylic acids is 2. The summed E-state index contributed by atoms with van der Waals surface area (Å²) in [5.41, 5.74) is 4.30. The van der Waals surface area contributed by atoms with Gasteiger partial charge in [0, 0.05) is 17.7 Å². The van der Waals surface area contributed by atoms with Crippen LogP contribution >= 0.6 is 0 Å². The molecule has 2 aromatic carbocycles. The quantitative estimate of drug-likeness (QED) is 0.569. The Hall–Kier alpha value is -3.41. The molecular formula is C23H24N2O4. The third-order valence-corrected chi connectivity index (χ3v) is 4.63. The molecule has 0 atom stereocenters. The first-order valence-corrected chi connectivity index (χ1v) is 9.51. The minimum absolute atomic E-state index is 0.147. The molecule has 0 saturated heterocycles. The minimum atomic E-state index is -0.385. The standard InChI is InChI=1S/C23H24N2O4/c1-4-28-23(27)19-10-12-20(13-11-19)29-15-22(26)25-17(3)21(16(2)24-25)14-18-8-6-5-7-9-18/h5-13H,4,14-15H2,1-3H3. The van der Waals surface area contributed by atoms with Gasteiger partial charge in [-0.15, -0.1) is 0 Å². The van der Waals surface area contributed by atoms with Crippen molar-refractivity contribution in [2.45, 2.75) is 27.2 Å². The van der Waals surface area contributed by atoms with E-state index in [1.807, 2.05) is 32.0 Å². The molecule has 150 valence electrons. The molecule has 0 unspecified atom stereocenters. The Morgan fingerprint density at radius 1 is 1.00 bits per heavy atom. The molecule has 0 spiro atoms. The smallest absolute Gasteiger partial charge is 0.338 e. The maximum atomic E-state index is 12.6. The van der Waals surface area contributed by atoms with E-state index < -0.39 is 0 Å². The van der Waals surface area contributed by atoms with Gasteiger partial charge in [-0.3, -0.25) is 4.79 Å². The molecule has 6 nitrogen and oxygen atoms in total. The Kier molecular flexibility index (Phi) is 6.44. The van der Waals surface area contributed by atoms with Gasteiger partial charge in [-0.25, -0.2) is 9.48 Å². The SMILES string of the molecule is CCOC(=O)c1ccc(OCC(=O)n2nc(C)c(Cc3ccccc3)c2C)cc1. The first-order chi connectivity index (χ1) is 14.0. The van der Waals surface area contributed by atoms with Gasteiger partial charge in [0.2, 0.25) is 0 Å². The maximum absolute atomic E-state index is 12.6. The number of hydrogen-bond acceptors (Lipinski definition) is 5. The summed E-state index contributed by atoms with van der Waals surface area (Å²) in [6, 6.07) is 16.6. The summed E-state index contributed by atoms with van der Waals surface area (Å²) in [7, 11) is 0. The fourth-order valence-corrected chi connectivity index (χ4v) is 3.08. The normalized spacial score (nSPS) is 10.6. The Morgan fingerprint density at radius 2 is 1.69 bits per heavy atom. The zero-order valence-corrected chi connectivity index (χ0v) is 16.8. The molecule has 3 aromatic rings. The van der Waals surface area contributed by atoms with Crippen LogP contribution < -0.4 is 4.74 Å². The minimum Gasteiger partial charge on any atom is -0.484 e. The highest BCUT2D eigenvalue weighted by molar-refractivity contribution is 5.89. The summed E-state index contributed by atoms with van der Waals surface area (Å²) in [5.74, 6) is -0.138. The van der Waals surface area contributed by atoms with E-state index in [2.05, 4.69) is 17.2 Å². The molecule has 1 heterocycles. The predicted octanol–water partition coefficient (Wildman–Crippen LogP) is 3.99. The summed E-state index contributed by atoms with van der Waals surface area (Å²) in [5, 5.41) is 4.40. The average Bonchev–Trinajstić information content (AvgIpc) is 3.01. The van der Waals surface area contributed by atoms with Crippen LogP contribution in [0.5, 0.6) is 5.75 Å². The Labute approximate surface area is 170 Å². The van der Waals surface area contributed by atoms with E-state index in [9.17, 15) is 9.59 Å². The van der Waals surface area contributed by atoms with E-state index in [1.165, 1.54) is 10.2 Å². The maximum Gasteiger partial charge on any atom is 0.338 e. The molecule has 0 aliphatic carbocycles. The highest BCUT2D eigenvalue weighted by atomic mass is 16.5. The van der Waals surface area contributed by atoms with E-state index >= 15 is 0 Å². The Bertz CT molecular complexity index is 992. The lowest BCUT2D eigenvalue weighted by Gasteiger charge is -2.08. The lowest BCUT2D eigenvalue weighted by molar-refractivity contribution is 0.0526. The summed E-state index contributed by atoms with van der Waals surface area (Å²) in [6.45, 7) is 5.73. The van der Waals surface area contributed by atoms with Gasteiger partial charge < -0.3 is 9.47 Å². The molecule has 0 radical (unpaired) electrons. The summed E-state index contributed by atoms with van der Waals surface area (Å²) in [6.07, 6.45) is 0.724. The second-order valence-electron chi connectivity index (χ2n) is 6.65. The molecule has 0 fully saturated rings. The third kappa shape index (κ3) is 4.90. The topological polar surface area (TPSA) is 70.4 Å². The molecule has 1 aromatic heterocycles. The second-order valence-corrected chi connectivity index (χ2v) is 6.65. The van der Waals surface area contributed by atoms with Gasteiger partial charge in [0.15, 0.2) is 6.61 Å². The number of nitrogens with zero attached hydrogens (tertiary/aromatic N) is 2. The van der Waals surface area contributed by atoms with Gasteiger partial charge in [-0.05, 0) is 50.6 Å². The van der Waals surface area contributed by atoms with E-state index in [0.717, 1.165) is 23.4 Å². The predicted molar refractivity (Wildman–Crippen MR) is 109 cm³/mol. The molecule has 0 N–H and O–H groups in total. The highest BCUT2D eigenvalue weighted by Gasteiger charge is 2.17. The monoisotopic (exact) mass is 392 g/mol. The van der Waals surface area contributed by atoms with Gasteiger partial charge in [-0.1, -0.05) is 30.3 Å². The number of aryl methyl sites for hydroxylation is 1.